The van der Waals surface area contributed by atoms with Crippen LogP contribution in [0.4, 0.5) is 17.8 Å². The van der Waals surface area contributed by atoms with Crippen LogP contribution in [0.3, 0.4) is 0 Å². The minimum absolute atomic E-state index is 0.124. The summed E-state index contributed by atoms with van der Waals surface area (Å²) in [4.78, 5) is 26.4. The van der Waals surface area contributed by atoms with Crippen molar-refractivity contribution in [2.75, 3.05) is 42.7 Å². The van der Waals surface area contributed by atoms with Crippen LogP contribution in [0, 0.1) is 0 Å². The van der Waals surface area contributed by atoms with Gasteiger partial charge in [0.15, 0.2) is 0 Å². The van der Waals surface area contributed by atoms with Crippen LogP contribution >= 0.6 is 0 Å². The minimum Gasteiger partial charge on any atom is -0.357 e. The van der Waals surface area contributed by atoms with Crippen LogP contribution in [-0.2, 0) is 4.79 Å². The maximum atomic E-state index is 11.5. The summed E-state index contributed by atoms with van der Waals surface area (Å²) in [5.74, 6) is 1.30. The average molecular weight is 281 g/mol. The van der Waals surface area contributed by atoms with Gasteiger partial charge in [0.1, 0.15) is 6.04 Å². The fourth-order valence-corrected chi connectivity index (χ4v) is 1.66. The number of nitrogens with one attached hydrogen (secondary N) is 3. The van der Waals surface area contributed by atoms with Crippen LogP contribution in [0.5, 0.6) is 0 Å². The zero-order valence-electron chi connectivity index (χ0n) is 12.7. The van der Waals surface area contributed by atoms with Gasteiger partial charge in [-0.3, -0.25) is 4.79 Å². The molecule has 1 unspecified atom stereocenters. The normalized spacial score (nSPS) is 11.7. The van der Waals surface area contributed by atoms with Crippen LogP contribution in [0.1, 0.15) is 20.8 Å². The largest absolute Gasteiger partial charge is 0.357 e. The molecule has 0 spiro atoms. The molecule has 0 fully saturated rings. The molecule has 1 heterocycles. The van der Waals surface area contributed by atoms with Gasteiger partial charge in [0.25, 0.3) is 0 Å². The highest BCUT2D eigenvalue weighted by molar-refractivity contribution is 5.83. The number of nitrogens with zero attached hydrogens (tertiary/aromatic N) is 4. The molecule has 1 atom stereocenters. The van der Waals surface area contributed by atoms with E-state index in [4.69, 9.17) is 0 Å². The first-order chi connectivity index (χ1) is 9.55. The van der Waals surface area contributed by atoms with Crippen molar-refractivity contribution in [3.8, 4) is 0 Å². The van der Waals surface area contributed by atoms with E-state index in [9.17, 15) is 4.79 Å². The molecule has 0 saturated heterocycles. The first kappa shape index (κ1) is 15.9. The van der Waals surface area contributed by atoms with E-state index >= 15 is 0 Å². The Morgan fingerprint density at radius 3 is 2.25 bits per heavy atom. The first-order valence-corrected chi connectivity index (χ1v) is 6.72. The first-order valence-electron chi connectivity index (χ1n) is 6.72. The van der Waals surface area contributed by atoms with Crippen molar-refractivity contribution in [1.29, 1.82) is 0 Å². The van der Waals surface area contributed by atoms with Crippen molar-refractivity contribution in [2.45, 2.75) is 26.8 Å². The van der Waals surface area contributed by atoms with Crippen LogP contribution in [-0.4, -0.2) is 54.1 Å². The molecule has 8 nitrogen and oxygen atoms in total. The Labute approximate surface area is 119 Å². The molecule has 0 bridgehead atoms. The van der Waals surface area contributed by atoms with Crippen LogP contribution < -0.4 is 20.9 Å². The number of carbonyl (C=O) groups is 1. The lowest BCUT2D eigenvalue weighted by molar-refractivity contribution is -0.121. The Kier molecular flexibility index (Phi) is 5.95. The smallest absolute Gasteiger partial charge is 0.242 e. The number of anilines is 3. The summed E-state index contributed by atoms with van der Waals surface area (Å²) in [6, 6.07) is -0.420. The molecule has 1 aromatic heterocycles. The quantitative estimate of drug-likeness (QED) is 0.662. The molecular weight excluding hydrogens is 258 g/mol. The van der Waals surface area contributed by atoms with Gasteiger partial charge >= 0.3 is 0 Å². The Morgan fingerprint density at radius 2 is 1.75 bits per heavy atom. The van der Waals surface area contributed by atoms with Gasteiger partial charge in [0.2, 0.25) is 23.8 Å². The molecular formula is C12H23N7O. The second-order valence-corrected chi connectivity index (χ2v) is 4.19. The average Bonchev–Trinajstić information content (AvgIpc) is 2.47. The number of amides is 1. The second kappa shape index (κ2) is 7.46. The molecule has 1 rings (SSSR count). The van der Waals surface area contributed by atoms with Gasteiger partial charge in [0, 0.05) is 27.2 Å². The molecule has 112 valence electrons. The topological polar surface area (TPSA) is 95.1 Å². The number of carbonyl (C=O) groups excluding carboxylic acids is 1. The van der Waals surface area contributed by atoms with Gasteiger partial charge in [-0.15, -0.1) is 0 Å². The lowest BCUT2D eigenvalue weighted by Gasteiger charge is -2.20. The van der Waals surface area contributed by atoms with Crippen molar-refractivity contribution in [2.24, 2.45) is 0 Å². The Bertz CT molecular complexity index is 447. The van der Waals surface area contributed by atoms with E-state index < -0.39 is 6.04 Å². The standard InChI is InChI=1S/C12H23N7O/c1-6-19(7-2)12-17-10(14-5)16-11(18-12)15-8(3)9(20)13-4/h8H,6-7H2,1-5H3,(H,13,20)(H2,14,15,16,17,18). The SMILES string of the molecule is CCN(CC)c1nc(NC)nc(NC(C)C(=O)NC)n1. The van der Waals surface area contributed by atoms with Gasteiger partial charge in [-0.05, 0) is 20.8 Å². The third-order valence-corrected chi connectivity index (χ3v) is 2.88. The highest BCUT2D eigenvalue weighted by atomic mass is 16.2. The third-order valence-electron chi connectivity index (χ3n) is 2.88. The van der Waals surface area contributed by atoms with Gasteiger partial charge in [-0.1, -0.05) is 0 Å². The summed E-state index contributed by atoms with van der Waals surface area (Å²) in [6.07, 6.45) is 0. The summed E-state index contributed by atoms with van der Waals surface area (Å²) in [5.41, 5.74) is 0. The summed E-state index contributed by atoms with van der Waals surface area (Å²) in [5, 5.41) is 8.44. The maximum Gasteiger partial charge on any atom is 0.242 e. The fraction of sp³-hybridized carbons (Fsp3) is 0.667. The Balaban J connectivity index is 3.01. The van der Waals surface area contributed by atoms with Crippen molar-refractivity contribution >= 4 is 23.8 Å². The second-order valence-electron chi connectivity index (χ2n) is 4.19. The van der Waals surface area contributed by atoms with E-state index in [-0.39, 0.29) is 5.91 Å². The summed E-state index contributed by atoms with van der Waals surface area (Å²) >= 11 is 0. The maximum absolute atomic E-state index is 11.5. The third kappa shape index (κ3) is 3.94. The highest BCUT2D eigenvalue weighted by Gasteiger charge is 2.15. The number of hydrogen-bond donors (Lipinski definition) is 3. The highest BCUT2D eigenvalue weighted by Crippen LogP contribution is 2.13. The van der Waals surface area contributed by atoms with Crippen molar-refractivity contribution < 1.29 is 4.79 Å². The number of aromatic nitrogens is 3. The lowest BCUT2D eigenvalue weighted by atomic mass is 10.3. The lowest BCUT2D eigenvalue weighted by Crippen LogP contribution is -2.36. The zero-order chi connectivity index (χ0) is 15.1. The van der Waals surface area contributed by atoms with Crippen LogP contribution in [0.2, 0.25) is 0 Å². The Morgan fingerprint density at radius 1 is 1.15 bits per heavy atom. The molecule has 1 aromatic rings. The van der Waals surface area contributed by atoms with Crippen LogP contribution in [0.15, 0.2) is 0 Å². The minimum atomic E-state index is -0.420. The monoisotopic (exact) mass is 281 g/mol. The van der Waals surface area contributed by atoms with E-state index in [2.05, 4.69) is 30.9 Å². The van der Waals surface area contributed by atoms with Gasteiger partial charge < -0.3 is 20.9 Å². The molecule has 0 saturated carbocycles. The van der Waals surface area contributed by atoms with E-state index in [1.807, 2.05) is 18.7 Å². The van der Waals surface area contributed by atoms with Gasteiger partial charge in [-0.2, -0.15) is 15.0 Å². The fourth-order valence-electron chi connectivity index (χ4n) is 1.66. The Hall–Kier alpha value is -2.12. The molecule has 3 N–H and O–H groups in total. The van der Waals surface area contributed by atoms with E-state index in [0.29, 0.717) is 17.8 Å². The summed E-state index contributed by atoms with van der Waals surface area (Å²) in [7, 11) is 3.33. The number of rotatable bonds is 7. The molecule has 0 aliphatic rings. The van der Waals surface area contributed by atoms with Crippen LogP contribution in [0.25, 0.3) is 0 Å². The van der Waals surface area contributed by atoms with E-state index in [1.165, 1.54) is 0 Å². The van der Waals surface area contributed by atoms with Gasteiger partial charge in [0.05, 0.1) is 0 Å². The van der Waals surface area contributed by atoms with Crippen molar-refractivity contribution in [1.82, 2.24) is 20.3 Å². The van der Waals surface area contributed by atoms with E-state index in [1.54, 1.807) is 21.0 Å². The summed E-state index contributed by atoms with van der Waals surface area (Å²) in [6.45, 7) is 7.42. The molecule has 0 radical (unpaired) electrons. The van der Waals surface area contributed by atoms with E-state index in [0.717, 1.165) is 13.1 Å². The molecule has 8 heteroatoms. The molecule has 0 aromatic carbocycles. The molecule has 1 amide bonds. The van der Waals surface area contributed by atoms with Crippen molar-refractivity contribution in [3.63, 3.8) is 0 Å². The number of hydrogen-bond acceptors (Lipinski definition) is 7. The molecule has 0 aliphatic carbocycles. The predicted octanol–water partition coefficient (Wildman–Crippen LogP) is 0.306. The molecule has 20 heavy (non-hydrogen) atoms. The molecule has 0 aliphatic heterocycles. The number of likely N-dealkylation sites (N-methyl/N-ethyl adjacent to an activating group) is 1. The van der Waals surface area contributed by atoms with Crippen molar-refractivity contribution in [3.05, 3.63) is 0 Å². The zero-order valence-corrected chi connectivity index (χ0v) is 12.7. The van der Waals surface area contributed by atoms with Gasteiger partial charge in [-0.25, -0.2) is 0 Å². The summed E-state index contributed by atoms with van der Waals surface area (Å²) < 4.78 is 0. The predicted molar refractivity (Wildman–Crippen MR) is 80.1 cm³/mol.